The van der Waals surface area contributed by atoms with E-state index in [2.05, 4.69) is 31.9 Å². The van der Waals surface area contributed by atoms with Crippen LogP contribution < -0.4 is 14.5 Å². The molecule has 2 fully saturated rings. The number of halogens is 2. The van der Waals surface area contributed by atoms with Crippen LogP contribution in [0.5, 0.6) is 5.75 Å². The van der Waals surface area contributed by atoms with Crippen molar-refractivity contribution in [1.82, 2.24) is 20.1 Å². The number of aromatic nitrogens is 4. The highest BCUT2D eigenvalue weighted by Crippen LogP contribution is 2.32. The first-order chi connectivity index (χ1) is 17.5. The van der Waals surface area contributed by atoms with Crippen LogP contribution in [0.2, 0.25) is 0 Å². The number of alkyl halides is 1. The van der Waals surface area contributed by atoms with Crippen LogP contribution in [-0.2, 0) is 13.1 Å². The SMILES string of the molecule is CCc1noc(N2CCC([C@H](C)Oc3cnc(N4CC[C@@H](c5cc(CF)ccc5F)C4)nc3)CC2)n1. The summed E-state index contributed by atoms with van der Waals surface area (Å²) in [6, 6.07) is 5.09. The van der Waals surface area contributed by atoms with Gasteiger partial charge in [0.2, 0.25) is 5.95 Å². The molecule has 0 amide bonds. The molecule has 4 heterocycles. The van der Waals surface area contributed by atoms with E-state index in [-0.39, 0.29) is 17.8 Å². The van der Waals surface area contributed by atoms with Gasteiger partial charge in [0, 0.05) is 38.5 Å². The Balaban J connectivity index is 1.13. The Kier molecular flexibility index (Phi) is 7.29. The lowest BCUT2D eigenvalue weighted by molar-refractivity contribution is 0.131. The fraction of sp³-hybridized carbons (Fsp3) is 0.538. The molecule has 0 unspecified atom stereocenters. The van der Waals surface area contributed by atoms with Crippen molar-refractivity contribution in [2.24, 2.45) is 5.92 Å². The van der Waals surface area contributed by atoms with Crippen LogP contribution in [0.1, 0.15) is 56.0 Å². The topological polar surface area (TPSA) is 80.4 Å². The molecular formula is C26H32F2N6O2. The lowest BCUT2D eigenvalue weighted by atomic mass is 9.92. The molecule has 2 aliphatic heterocycles. The number of benzene rings is 1. The number of aryl methyl sites for hydroxylation is 1. The molecule has 2 aliphatic rings. The quantitative estimate of drug-likeness (QED) is 0.442. The minimum Gasteiger partial charge on any atom is -0.487 e. The highest BCUT2D eigenvalue weighted by molar-refractivity contribution is 5.37. The molecule has 0 N–H and O–H groups in total. The predicted molar refractivity (Wildman–Crippen MR) is 132 cm³/mol. The van der Waals surface area contributed by atoms with Gasteiger partial charge in [-0.05, 0) is 55.4 Å². The van der Waals surface area contributed by atoms with E-state index < -0.39 is 6.67 Å². The van der Waals surface area contributed by atoms with Crippen LogP contribution in [-0.4, -0.2) is 52.4 Å². The highest BCUT2D eigenvalue weighted by Gasteiger charge is 2.29. The number of rotatable bonds is 8. The number of nitrogens with zero attached hydrogens (tertiary/aromatic N) is 6. The fourth-order valence-corrected chi connectivity index (χ4v) is 5.11. The summed E-state index contributed by atoms with van der Waals surface area (Å²) in [5, 5.41) is 3.99. The predicted octanol–water partition coefficient (Wildman–Crippen LogP) is 4.71. The van der Waals surface area contributed by atoms with Crippen molar-refractivity contribution in [3.63, 3.8) is 0 Å². The summed E-state index contributed by atoms with van der Waals surface area (Å²) < 4.78 is 38.9. The van der Waals surface area contributed by atoms with Gasteiger partial charge in [-0.15, -0.1) is 0 Å². The van der Waals surface area contributed by atoms with Crippen LogP contribution in [0.4, 0.5) is 20.7 Å². The van der Waals surface area contributed by atoms with Crippen molar-refractivity contribution in [3.8, 4) is 5.75 Å². The van der Waals surface area contributed by atoms with E-state index in [4.69, 9.17) is 9.26 Å². The van der Waals surface area contributed by atoms with E-state index in [9.17, 15) is 8.78 Å². The van der Waals surface area contributed by atoms with Gasteiger partial charge < -0.3 is 19.1 Å². The molecule has 10 heteroatoms. The molecule has 0 spiro atoms. The van der Waals surface area contributed by atoms with E-state index in [1.165, 1.54) is 12.1 Å². The van der Waals surface area contributed by atoms with Gasteiger partial charge in [-0.3, -0.25) is 0 Å². The fourth-order valence-electron chi connectivity index (χ4n) is 5.11. The van der Waals surface area contributed by atoms with Crippen LogP contribution >= 0.6 is 0 Å². The van der Waals surface area contributed by atoms with Crippen molar-refractivity contribution in [2.45, 2.75) is 58.2 Å². The monoisotopic (exact) mass is 498 g/mol. The molecule has 36 heavy (non-hydrogen) atoms. The first-order valence-corrected chi connectivity index (χ1v) is 12.7. The van der Waals surface area contributed by atoms with Gasteiger partial charge in [-0.25, -0.2) is 18.7 Å². The Morgan fingerprint density at radius 1 is 1.11 bits per heavy atom. The van der Waals surface area contributed by atoms with E-state index >= 15 is 0 Å². The lowest BCUT2D eigenvalue weighted by Crippen LogP contribution is -2.38. The molecule has 2 saturated heterocycles. The standard InChI is InChI=1S/C26H32F2N6O2/c1-3-24-31-26(36-32-24)33-9-6-19(7-10-33)17(2)35-21-14-29-25(30-15-21)34-11-8-20(16-34)22-12-18(13-27)4-5-23(22)28/h4-5,12,14-15,17,19-20H,3,6-11,13,16H2,1-2H3/t17-,20+/m0/s1. The minimum absolute atomic E-state index is 0.0114. The van der Waals surface area contributed by atoms with E-state index in [1.807, 2.05) is 11.8 Å². The van der Waals surface area contributed by atoms with Crippen LogP contribution in [0.15, 0.2) is 35.1 Å². The maximum absolute atomic E-state index is 14.3. The van der Waals surface area contributed by atoms with Crippen molar-refractivity contribution < 1.29 is 18.0 Å². The Hall–Kier alpha value is -3.30. The molecule has 2 aromatic heterocycles. The molecule has 192 valence electrons. The van der Waals surface area contributed by atoms with E-state index in [0.29, 0.717) is 41.3 Å². The Morgan fingerprint density at radius 2 is 1.86 bits per heavy atom. The molecule has 0 saturated carbocycles. The van der Waals surface area contributed by atoms with Crippen molar-refractivity contribution in [1.29, 1.82) is 0 Å². The van der Waals surface area contributed by atoms with Crippen LogP contribution in [0.25, 0.3) is 0 Å². The second kappa shape index (κ2) is 10.8. The zero-order chi connectivity index (χ0) is 25.1. The van der Waals surface area contributed by atoms with E-state index in [1.54, 1.807) is 18.5 Å². The van der Waals surface area contributed by atoms with Gasteiger partial charge in [0.25, 0.3) is 0 Å². The number of piperidine rings is 1. The summed E-state index contributed by atoms with van der Waals surface area (Å²) in [6.45, 7) is 6.52. The number of ether oxygens (including phenoxy) is 1. The number of hydrogen-bond acceptors (Lipinski definition) is 8. The molecule has 3 aromatic rings. The molecular weight excluding hydrogens is 466 g/mol. The second-order valence-corrected chi connectivity index (χ2v) is 9.63. The maximum atomic E-state index is 14.3. The summed E-state index contributed by atoms with van der Waals surface area (Å²) in [4.78, 5) is 17.6. The smallest absolute Gasteiger partial charge is 0.324 e. The molecule has 0 bridgehead atoms. The Morgan fingerprint density at radius 3 is 2.56 bits per heavy atom. The summed E-state index contributed by atoms with van der Waals surface area (Å²) in [7, 11) is 0. The van der Waals surface area contributed by atoms with Crippen molar-refractivity contribution in [3.05, 3.63) is 53.4 Å². The van der Waals surface area contributed by atoms with Crippen molar-refractivity contribution >= 4 is 12.0 Å². The normalized spacial score (nSPS) is 19.6. The number of hydrogen-bond donors (Lipinski definition) is 0. The van der Waals surface area contributed by atoms with Gasteiger partial charge in [0.15, 0.2) is 11.6 Å². The van der Waals surface area contributed by atoms with Gasteiger partial charge in [0.1, 0.15) is 12.5 Å². The van der Waals surface area contributed by atoms with Gasteiger partial charge in [0.05, 0.1) is 18.5 Å². The molecule has 1 aromatic carbocycles. The van der Waals surface area contributed by atoms with Crippen LogP contribution in [0.3, 0.4) is 0 Å². The summed E-state index contributed by atoms with van der Waals surface area (Å²) in [6.07, 6.45) is 6.91. The molecule has 8 nitrogen and oxygen atoms in total. The molecule has 0 radical (unpaired) electrons. The zero-order valence-corrected chi connectivity index (χ0v) is 20.7. The summed E-state index contributed by atoms with van der Waals surface area (Å²) >= 11 is 0. The Labute approximate surface area is 209 Å². The average Bonchev–Trinajstić information content (AvgIpc) is 3.60. The van der Waals surface area contributed by atoms with Gasteiger partial charge >= 0.3 is 6.01 Å². The highest BCUT2D eigenvalue weighted by atomic mass is 19.1. The second-order valence-electron chi connectivity index (χ2n) is 9.63. The lowest BCUT2D eigenvalue weighted by Gasteiger charge is -2.33. The third kappa shape index (κ3) is 5.27. The minimum atomic E-state index is -0.593. The van der Waals surface area contributed by atoms with Crippen LogP contribution in [0, 0.1) is 11.7 Å². The largest absolute Gasteiger partial charge is 0.487 e. The average molecular weight is 499 g/mol. The third-order valence-corrected chi connectivity index (χ3v) is 7.31. The maximum Gasteiger partial charge on any atom is 0.324 e. The van der Waals surface area contributed by atoms with E-state index in [0.717, 1.165) is 51.1 Å². The summed E-state index contributed by atoms with van der Waals surface area (Å²) in [5.74, 6) is 2.07. The summed E-state index contributed by atoms with van der Waals surface area (Å²) in [5.41, 5.74) is 1.07. The first-order valence-electron chi connectivity index (χ1n) is 12.7. The molecule has 2 atom stereocenters. The zero-order valence-electron chi connectivity index (χ0n) is 20.7. The Bertz CT molecular complexity index is 1150. The first kappa shape index (κ1) is 24.4. The van der Waals surface area contributed by atoms with Crippen molar-refractivity contribution in [2.75, 3.05) is 36.0 Å². The molecule has 0 aliphatic carbocycles. The number of anilines is 2. The molecule has 5 rings (SSSR count). The van der Waals surface area contributed by atoms with Gasteiger partial charge in [-0.1, -0.05) is 18.1 Å². The third-order valence-electron chi connectivity index (χ3n) is 7.31. The van der Waals surface area contributed by atoms with Gasteiger partial charge in [-0.2, -0.15) is 4.98 Å².